The molecule has 0 fully saturated rings. The average Bonchev–Trinajstić information content (AvgIpc) is 2.95. The summed E-state index contributed by atoms with van der Waals surface area (Å²) in [5.41, 5.74) is 1.25. The second-order valence-electron chi connectivity index (χ2n) is 4.84. The summed E-state index contributed by atoms with van der Waals surface area (Å²) in [6.07, 6.45) is 1.59. The molecule has 2 unspecified atom stereocenters. The third-order valence-electron chi connectivity index (χ3n) is 3.40. The predicted molar refractivity (Wildman–Crippen MR) is 70.3 cm³/mol. The Morgan fingerprint density at radius 2 is 2.30 bits per heavy atom. The van der Waals surface area contributed by atoms with E-state index in [9.17, 15) is 9.18 Å². The number of rotatable bonds is 3. The molecule has 104 valence electrons. The van der Waals surface area contributed by atoms with E-state index in [2.05, 4.69) is 20.8 Å². The second kappa shape index (κ2) is 4.68. The van der Waals surface area contributed by atoms with Gasteiger partial charge in [0.05, 0.1) is 6.04 Å². The fourth-order valence-corrected chi connectivity index (χ4v) is 2.41. The predicted octanol–water partition coefficient (Wildman–Crippen LogP) is 1.30. The zero-order valence-electron chi connectivity index (χ0n) is 11.1. The van der Waals surface area contributed by atoms with Gasteiger partial charge in [-0.2, -0.15) is 0 Å². The van der Waals surface area contributed by atoms with Gasteiger partial charge >= 0.3 is 0 Å². The van der Waals surface area contributed by atoms with Gasteiger partial charge in [-0.1, -0.05) is 0 Å². The molecular weight excluding hydrogens is 261 g/mol. The first-order chi connectivity index (χ1) is 9.56. The molecule has 1 aromatic carbocycles. The van der Waals surface area contributed by atoms with Crippen LogP contribution in [0.1, 0.15) is 30.4 Å². The Morgan fingerprint density at radius 1 is 1.50 bits per heavy atom. The third kappa shape index (κ3) is 2.05. The molecule has 1 aromatic heterocycles. The Hall–Kier alpha value is -2.28. The number of carbonyl (C=O) groups excluding carboxylic acids is 1. The van der Waals surface area contributed by atoms with Crippen molar-refractivity contribution in [2.45, 2.75) is 19.0 Å². The van der Waals surface area contributed by atoms with E-state index < -0.39 is 6.04 Å². The summed E-state index contributed by atoms with van der Waals surface area (Å²) < 4.78 is 15.1. The number of fused-ring (bicyclic) bond motifs is 1. The van der Waals surface area contributed by atoms with Crippen molar-refractivity contribution in [3.63, 3.8) is 0 Å². The third-order valence-corrected chi connectivity index (χ3v) is 3.40. The number of nitrogens with one attached hydrogen (secondary N) is 2. The summed E-state index contributed by atoms with van der Waals surface area (Å²) in [6.45, 7) is 1.88. The van der Waals surface area contributed by atoms with Gasteiger partial charge in [-0.3, -0.25) is 10.1 Å². The standard InChI is InChI=1S/C13H14FN5O/c1-7(12-18-15-6-19(12)2)16-11-9-5-8(14)3-4-10(9)17-13(11)20/h3-7,11,16H,1-2H3,(H,17,20). The molecule has 6 nitrogen and oxygen atoms in total. The van der Waals surface area contributed by atoms with Crippen molar-refractivity contribution in [1.82, 2.24) is 20.1 Å². The van der Waals surface area contributed by atoms with Crippen molar-refractivity contribution in [2.24, 2.45) is 7.05 Å². The number of aromatic nitrogens is 3. The molecule has 0 bridgehead atoms. The smallest absolute Gasteiger partial charge is 0.246 e. The molecule has 1 aliphatic heterocycles. The van der Waals surface area contributed by atoms with Crippen LogP contribution in [0, 0.1) is 5.82 Å². The minimum absolute atomic E-state index is 0.188. The average molecular weight is 275 g/mol. The summed E-state index contributed by atoms with van der Waals surface area (Å²) >= 11 is 0. The molecule has 1 amide bonds. The number of carbonyl (C=O) groups is 1. The van der Waals surface area contributed by atoms with Crippen LogP contribution >= 0.6 is 0 Å². The fourth-order valence-electron chi connectivity index (χ4n) is 2.41. The molecule has 7 heteroatoms. The maximum absolute atomic E-state index is 13.3. The minimum Gasteiger partial charge on any atom is -0.324 e. The lowest BCUT2D eigenvalue weighted by atomic mass is 10.1. The van der Waals surface area contributed by atoms with Crippen molar-refractivity contribution in [3.8, 4) is 0 Å². The Kier molecular flexibility index (Phi) is 2.98. The van der Waals surface area contributed by atoms with E-state index in [4.69, 9.17) is 0 Å². The number of hydrogen-bond acceptors (Lipinski definition) is 4. The Morgan fingerprint density at radius 3 is 3.00 bits per heavy atom. The summed E-state index contributed by atoms with van der Waals surface area (Å²) in [5.74, 6) is 0.153. The van der Waals surface area contributed by atoms with Gasteiger partial charge in [-0.05, 0) is 25.1 Å². The molecule has 1 aliphatic rings. The molecule has 0 saturated carbocycles. The van der Waals surface area contributed by atoms with Crippen LogP contribution in [-0.2, 0) is 11.8 Å². The molecular formula is C13H14FN5O. The van der Waals surface area contributed by atoms with E-state index in [1.54, 1.807) is 17.0 Å². The molecule has 0 saturated heterocycles. The van der Waals surface area contributed by atoms with E-state index in [-0.39, 0.29) is 17.8 Å². The van der Waals surface area contributed by atoms with Crippen LogP contribution in [0.5, 0.6) is 0 Å². The number of anilines is 1. The van der Waals surface area contributed by atoms with Crippen LogP contribution in [0.3, 0.4) is 0 Å². The highest BCUT2D eigenvalue weighted by molar-refractivity contribution is 6.02. The van der Waals surface area contributed by atoms with E-state index in [0.717, 1.165) is 0 Å². The van der Waals surface area contributed by atoms with Crippen LogP contribution in [0.25, 0.3) is 0 Å². The van der Waals surface area contributed by atoms with Gasteiger partial charge in [0.25, 0.3) is 0 Å². The summed E-state index contributed by atoms with van der Waals surface area (Å²) in [6, 6.07) is 3.49. The van der Waals surface area contributed by atoms with Crippen LogP contribution in [0.2, 0.25) is 0 Å². The van der Waals surface area contributed by atoms with Gasteiger partial charge in [-0.15, -0.1) is 10.2 Å². The summed E-state index contributed by atoms with van der Waals surface area (Å²) in [7, 11) is 1.83. The molecule has 2 N–H and O–H groups in total. The SMILES string of the molecule is CC(NC1C(=O)Nc2ccc(F)cc21)c1nncn1C. The summed E-state index contributed by atoms with van der Waals surface area (Å²) in [4.78, 5) is 12.0. The van der Waals surface area contributed by atoms with Crippen LogP contribution in [0.4, 0.5) is 10.1 Å². The number of nitrogens with zero attached hydrogens (tertiary/aromatic N) is 3. The molecule has 2 aromatic rings. The van der Waals surface area contributed by atoms with E-state index in [0.29, 0.717) is 17.1 Å². The van der Waals surface area contributed by atoms with E-state index in [1.165, 1.54) is 12.1 Å². The lowest BCUT2D eigenvalue weighted by Crippen LogP contribution is -2.31. The molecule has 20 heavy (non-hydrogen) atoms. The lowest BCUT2D eigenvalue weighted by molar-refractivity contribution is -0.117. The van der Waals surface area contributed by atoms with Gasteiger partial charge in [0.15, 0.2) is 0 Å². The largest absolute Gasteiger partial charge is 0.324 e. The molecule has 0 radical (unpaired) electrons. The fraction of sp³-hybridized carbons (Fsp3) is 0.308. The number of amides is 1. The van der Waals surface area contributed by atoms with Gasteiger partial charge in [0.2, 0.25) is 5.91 Å². The maximum Gasteiger partial charge on any atom is 0.246 e. The number of benzene rings is 1. The lowest BCUT2D eigenvalue weighted by Gasteiger charge is -2.17. The highest BCUT2D eigenvalue weighted by Gasteiger charge is 2.32. The van der Waals surface area contributed by atoms with Gasteiger partial charge in [0, 0.05) is 18.3 Å². The van der Waals surface area contributed by atoms with Gasteiger partial charge in [0.1, 0.15) is 24.0 Å². The molecule has 0 aliphatic carbocycles. The van der Waals surface area contributed by atoms with Crippen LogP contribution in [-0.4, -0.2) is 20.7 Å². The normalized spacial score (nSPS) is 18.8. The minimum atomic E-state index is -0.590. The Labute approximate surface area is 115 Å². The maximum atomic E-state index is 13.3. The van der Waals surface area contributed by atoms with E-state index >= 15 is 0 Å². The van der Waals surface area contributed by atoms with E-state index in [1.807, 2.05) is 14.0 Å². The van der Waals surface area contributed by atoms with Gasteiger partial charge in [-0.25, -0.2) is 4.39 Å². The first-order valence-electron chi connectivity index (χ1n) is 6.26. The van der Waals surface area contributed by atoms with Gasteiger partial charge < -0.3 is 9.88 Å². The van der Waals surface area contributed by atoms with Crippen molar-refractivity contribution in [2.75, 3.05) is 5.32 Å². The van der Waals surface area contributed by atoms with Crippen molar-refractivity contribution in [1.29, 1.82) is 0 Å². The molecule has 2 heterocycles. The highest BCUT2D eigenvalue weighted by Crippen LogP contribution is 2.32. The van der Waals surface area contributed by atoms with Crippen molar-refractivity contribution < 1.29 is 9.18 Å². The highest BCUT2D eigenvalue weighted by atomic mass is 19.1. The van der Waals surface area contributed by atoms with Crippen LogP contribution in [0.15, 0.2) is 24.5 Å². The summed E-state index contributed by atoms with van der Waals surface area (Å²) in [5, 5.41) is 13.7. The zero-order chi connectivity index (χ0) is 14.3. The van der Waals surface area contributed by atoms with Crippen molar-refractivity contribution >= 4 is 11.6 Å². The Balaban J connectivity index is 1.87. The first kappa shape index (κ1) is 12.7. The quantitative estimate of drug-likeness (QED) is 0.885. The monoisotopic (exact) mass is 275 g/mol. The number of halogens is 1. The molecule has 2 atom stereocenters. The second-order valence-corrected chi connectivity index (χ2v) is 4.84. The Bertz CT molecular complexity index is 669. The first-order valence-corrected chi connectivity index (χ1v) is 6.26. The molecule has 0 spiro atoms. The van der Waals surface area contributed by atoms with Crippen LogP contribution < -0.4 is 10.6 Å². The van der Waals surface area contributed by atoms with Crippen molar-refractivity contribution in [3.05, 3.63) is 41.7 Å². The topological polar surface area (TPSA) is 71.8 Å². The molecule has 3 rings (SSSR count). The number of aryl methyl sites for hydroxylation is 1. The number of hydrogen-bond donors (Lipinski definition) is 2. The zero-order valence-corrected chi connectivity index (χ0v) is 11.1.